The van der Waals surface area contributed by atoms with Crippen LogP contribution in [-0.2, 0) is 15.5 Å². The number of rotatable bonds is 4. The number of halogens is 2. The Labute approximate surface area is 98.3 Å². The van der Waals surface area contributed by atoms with Crippen molar-refractivity contribution in [1.29, 1.82) is 0 Å². The van der Waals surface area contributed by atoms with Gasteiger partial charge in [0, 0.05) is 0 Å². The zero-order valence-corrected chi connectivity index (χ0v) is 9.92. The van der Waals surface area contributed by atoms with Gasteiger partial charge in [-0.05, 0) is 26.0 Å². The molecule has 0 atom stereocenters. The first kappa shape index (κ1) is 13.4. The van der Waals surface area contributed by atoms with Crippen molar-refractivity contribution < 1.29 is 23.0 Å². The predicted molar refractivity (Wildman–Crippen MR) is 58.3 cm³/mol. The van der Waals surface area contributed by atoms with Crippen molar-refractivity contribution in [3.63, 3.8) is 0 Å². The molecule has 0 N–H and O–H groups in total. The number of carbonyl (C=O) groups excluding carboxylic acids is 1. The Kier molecular flexibility index (Phi) is 4.04. The highest BCUT2D eigenvalue weighted by Crippen LogP contribution is 2.36. The molecule has 0 aliphatic heterocycles. The second-order valence-corrected chi connectivity index (χ2v) is 3.50. The summed E-state index contributed by atoms with van der Waals surface area (Å²) in [5.74, 6) is -5.30. The highest BCUT2D eigenvalue weighted by Gasteiger charge is 2.45. The van der Waals surface area contributed by atoms with Gasteiger partial charge in [0.15, 0.2) is 0 Å². The van der Waals surface area contributed by atoms with E-state index in [1.807, 2.05) is 0 Å². The van der Waals surface area contributed by atoms with Crippen LogP contribution >= 0.6 is 0 Å². The summed E-state index contributed by atoms with van der Waals surface area (Å²) in [6, 6.07) is 4.25. The van der Waals surface area contributed by atoms with E-state index < -0.39 is 17.5 Å². The molecule has 0 radical (unpaired) electrons. The Balaban J connectivity index is 3.21. The minimum Gasteiger partial charge on any atom is -0.496 e. The smallest absolute Gasteiger partial charge is 0.382 e. The highest BCUT2D eigenvalue weighted by atomic mass is 19.3. The zero-order chi connectivity index (χ0) is 13.1. The van der Waals surface area contributed by atoms with Crippen LogP contribution in [0.25, 0.3) is 0 Å². The molecule has 0 unspecified atom stereocenters. The van der Waals surface area contributed by atoms with E-state index >= 15 is 0 Å². The van der Waals surface area contributed by atoms with Crippen LogP contribution in [-0.4, -0.2) is 19.7 Å². The van der Waals surface area contributed by atoms with Gasteiger partial charge in [-0.25, -0.2) is 4.79 Å². The molecule has 0 heterocycles. The fourth-order valence-corrected chi connectivity index (χ4v) is 1.40. The molecule has 94 valence electrons. The number of carbonyl (C=O) groups is 1. The van der Waals surface area contributed by atoms with Gasteiger partial charge in [-0.15, -0.1) is 0 Å². The van der Waals surface area contributed by atoms with E-state index in [4.69, 9.17) is 4.74 Å². The standard InChI is InChI=1S/C12H14F2O3/c1-4-17-11(15)12(13,14)9-7-8(2)5-6-10(9)16-3/h5-7H,4H2,1-3H3. The van der Waals surface area contributed by atoms with E-state index in [1.165, 1.54) is 26.2 Å². The quantitative estimate of drug-likeness (QED) is 0.764. The summed E-state index contributed by atoms with van der Waals surface area (Å²) in [7, 11) is 1.27. The lowest BCUT2D eigenvalue weighted by molar-refractivity contribution is -0.173. The van der Waals surface area contributed by atoms with Crippen LogP contribution in [0.15, 0.2) is 18.2 Å². The third-order valence-electron chi connectivity index (χ3n) is 2.23. The molecular weight excluding hydrogens is 230 g/mol. The molecule has 5 heteroatoms. The summed E-state index contributed by atoms with van der Waals surface area (Å²) in [6.45, 7) is 3.04. The predicted octanol–water partition coefficient (Wildman–Crippen LogP) is 2.66. The van der Waals surface area contributed by atoms with Gasteiger partial charge in [0.25, 0.3) is 0 Å². The maximum Gasteiger partial charge on any atom is 0.382 e. The van der Waals surface area contributed by atoms with Crippen molar-refractivity contribution >= 4 is 5.97 Å². The lowest BCUT2D eigenvalue weighted by atomic mass is 10.0. The average molecular weight is 244 g/mol. The molecule has 0 bridgehead atoms. The molecule has 1 aromatic rings. The summed E-state index contributed by atoms with van der Waals surface area (Å²) >= 11 is 0. The molecule has 0 amide bonds. The molecular formula is C12H14F2O3. The number of hydrogen-bond donors (Lipinski definition) is 0. The minimum atomic E-state index is -3.70. The van der Waals surface area contributed by atoms with Crippen molar-refractivity contribution in [2.45, 2.75) is 19.8 Å². The van der Waals surface area contributed by atoms with Crippen LogP contribution in [0.5, 0.6) is 5.75 Å². The lowest BCUT2D eigenvalue weighted by Crippen LogP contribution is -2.28. The highest BCUT2D eigenvalue weighted by molar-refractivity contribution is 5.80. The van der Waals surface area contributed by atoms with Gasteiger partial charge >= 0.3 is 11.9 Å². The number of benzene rings is 1. The molecule has 3 nitrogen and oxygen atoms in total. The van der Waals surface area contributed by atoms with Gasteiger partial charge in [-0.1, -0.05) is 11.6 Å². The first-order valence-electron chi connectivity index (χ1n) is 5.13. The van der Waals surface area contributed by atoms with Gasteiger partial charge in [0.2, 0.25) is 0 Å². The number of alkyl halides is 2. The molecule has 0 aliphatic carbocycles. The summed E-state index contributed by atoms with van der Waals surface area (Å²) in [5.41, 5.74) is 0.142. The average Bonchev–Trinajstić information content (AvgIpc) is 2.29. The maximum atomic E-state index is 13.8. The van der Waals surface area contributed by atoms with Crippen LogP contribution in [0.3, 0.4) is 0 Å². The number of ether oxygens (including phenoxy) is 2. The first-order valence-corrected chi connectivity index (χ1v) is 5.13. The minimum absolute atomic E-state index is 0.0337. The molecule has 0 spiro atoms. The number of esters is 1. The molecule has 0 aliphatic rings. The van der Waals surface area contributed by atoms with Crippen molar-refractivity contribution in [3.8, 4) is 5.75 Å². The Bertz CT molecular complexity index is 416. The van der Waals surface area contributed by atoms with Crippen LogP contribution in [0.2, 0.25) is 0 Å². The molecule has 0 aromatic heterocycles. The van der Waals surface area contributed by atoms with Crippen LogP contribution in [0, 0.1) is 6.92 Å². The van der Waals surface area contributed by atoms with Gasteiger partial charge in [0.05, 0.1) is 19.3 Å². The largest absolute Gasteiger partial charge is 0.496 e. The van der Waals surface area contributed by atoms with E-state index in [1.54, 1.807) is 13.0 Å². The van der Waals surface area contributed by atoms with Gasteiger partial charge < -0.3 is 9.47 Å². The number of aryl methyl sites for hydroxylation is 1. The monoisotopic (exact) mass is 244 g/mol. The normalized spacial score (nSPS) is 11.1. The maximum absolute atomic E-state index is 13.8. The molecule has 0 saturated heterocycles. The summed E-state index contributed by atoms with van der Waals surface area (Å²) in [4.78, 5) is 11.2. The van der Waals surface area contributed by atoms with Crippen molar-refractivity contribution in [2.75, 3.05) is 13.7 Å². The summed E-state index contributed by atoms with van der Waals surface area (Å²) in [6.07, 6.45) is 0. The van der Waals surface area contributed by atoms with Crippen LogP contribution in [0.4, 0.5) is 8.78 Å². The summed E-state index contributed by atoms with van der Waals surface area (Å²) < 4.78 is 36.8. The summed E-state index contributed by atoms with van der Waals surface area (Å²) in [5, 5.41) is 0. The lowest BCUT2D eigenvalue weighted by Gasteiger charge is -2.18. The van der Waals surface area contributed by atoms with Crippen molar-refractivity contribution in [3.05, 3.63) is 29.3 Å². The van der Waals surface area contributed by atoms with E-state index in [0.29, 0.717) is 5.56 Å². The Morgan fingerprint density at radius 2 is 2.06 bits per heavy atom. The van der Waals surface area contributed by atoms with Crippen LogP contribution < -0.4 is 4.74 Å². The molecule has 0 fully saturated rings. The fraction of sp³-hybridized carbons (Fsp3) is 0.417. The second kappa shape index (κ2) is 5.12. The zero-order valence-electron chi connectivity index (χ0n) is 9.92. The molecule has 1 rings (SSSR count). The third-order valence-corrected chi connectivity index (χ3v) is 2.23. The Morgan fingerprint density at radius 1 is 1.41 bits per heavy atom. The second-order valence-electron chi connectivity index (χ2n) is 3.50. The fourth-order valence-electron chi connectivity index (χ4n) is 1.40. The molecule has 0 saturated carbocycles. The van der Waals surface area contributed by atoms with Crippen molar-refractivity contribution in [2.24, 2.45) is 0 Å². The Morgan fingerprint density at radius 3 is 2.59 bits per heavy atom. The van der Waals surface area contributed by atoms with Gasteiger partial charge in [-0.2, -0.15) is 8.78 Å². The topological polar surface area (TPSA) is 35.5 Å². The van der Waals surface area contributed by atoms with Crippen LogP contribution in [0.1, 0.15) is 18.1 Å². The SMILES string of the molecule is CCOC(=O)C(F)(F)c1cc(C)ccc1OC. The van der Waals surface area contributed by atoms with E-state index in [-0.39, 0.29) is 12.4 Å². The van der Waals surface area contributed by atoms with Gasteiger partial charge in [-0.3, -0.25) is 0 Å². The van der Waals surface area contributed by atoms with Gasteiger partial charge in [0.1, 0.15) is 5.75 Å². The first-order chi connectivity index (χ1) is 7.93. The van der Waals surface area contributed by atoms with Crippen molar-refractivity contribution in [1.82, 2.24) is 0 Å². The number of methoxy groups -OCH3 is 1. The van der Waals surface area contributed by atoms with E-state index in [2.05, 4.69) is 4.74 Å². The van der Waals surface area contributed by atoms with E-state index in [0.717, 1.165) is 0 Å². The van der Waals surface area contributed by atoms with E-state index in [9.17, 15) is 13.6 Å². The molecule has 17 heavy (non-hydrogen) atoms. The Hall–Kier alpha value is -1.65. The number of hydrogen-bond acceptors (Lipinski definition) is 3. The molecule has 1 aromatic carbocycles. The third kappa shape index (κ3) is 2.72.